The summed E-state index contributed by atoms with van der Waals surface area (Å²) in [6.07, 6.45) is 1.39. The lowest BCUT2D eigenvalue weighted by molar-refractivity contribution is 0.0692. The van der Waals surface area contributed by atoms with Gasteiger partial charge < -0.3 is 10.1 Å². The molecule has 0 saturated heterocycles. The van der Waals surface area contributed by atoms with Gasteiger partial charge in [0.15, 0.2) is 5.69 Å². The lowest BCUT2D eigenvalue weighted by Crippen LogP contribution is -1.98. The van der Waals surface area contributed by atoms with Crippen LogP contribution < -0.4 is 0 Å². The number of H-pyrrole nitrogens is 1. The SMILES string of the molecule is Cc1ccc(-c2nc[nH]c2C(=O)O)cc1. The van der Waals surface area contributed by atoms with Gasteiger partial charge in [-0.05, 0) is 6.92 Å². The van der Waals surface area contributed by atoms with Crippen molar-refractivity contribution in [2.24, 2.45) is 0 Å². The first-order valence-electron chi connectivity index (χ1n) is 4.52. The molecule has 15 heavy (non-hydrogen) atoms. The highest BCUT2D eigenvalue weighted by molar-refractivity contribution is 5.92. The van der Waals surface area contributed by atoms with Crippen LogP contribution in [0.1, 0.15) is 16.1 Å². The number of hydrogen-bond donors (Lipinski definition) is 2. The topological polar surface area (TPSA) is 66.0 Å². The molecule has 0 unspecified atom stereocenters. The van der Waals surface area contributed by atoms with Crippen LogP contribution >= 0.6 is 0 Å². The number of carbonyl (C=O) groups is 1. The minimum atomic E-state index is -0.997. The fourth-order valence-electron chi connectivity index (χ4n) is 1.39. The van der Waals surface area contributed by atoms with Crippen LogP contribution in [0, 0.1) is 6.92 Å². The van der Waals surface area contributed by atoms with Gasteiger partial charge in [0.25, 0.3) is 0 Å². The van der Waals surface area contributed by atoms with E-state index in [0.29, 0.717) is 5.69 Å². The maximum Gasteiger partial charge on any atom is 0.354 e. The van der Waals surface area contributed by atoms with Gasteiger partial charge in [0.05, 0.1) is 6.33 Å². The lowest BCUT2D eigenvalue weighted by Gasteiger charge is -1.99. The molecule has 1 aromatic heterocycles. The van der Waals surface area contributed by atoms with Crippen LogP contribution in [0.4, 0.5) is 0 Å². The Labute approximate surface area is 86.6 Å². The number of aromatic carboxylic acids is 1. The second kappa shape index (κ2) is 3.57. The van der Waals surface area contributed by atoms with Crippen LogP contribution in [0.3, 0.4) is 0 Å². The molecular formula is C11H10N2O2. The number of carboxylic acids is 1. The zero-order chi connectivity index (χ0) is 10.8. The Hall–Kier alpha value is -2.10. The highest BCUT2D eigenvalue weighted by atomic mass is 16.4. The minimum absolute atomic E-state index is 0.124. The summed E-state index contributed by atoms with van der Waals surface area (Å²) >= 11 is 0. The van der Waals surface area contributed by atoms with Crippen LogP contribution in [0.25, 0.3) is 11.3 Å². The number of aryl methyl sites for hydroxylation is 1. The molecule has 0 radical (unpaired) electrons. The molecule has 0 atom stereocenters. The number of imidazole rings is 1. The molecule has 0 bridgehead atoms. The first-order chi connectivity index (χ1) is 7.18. The van der Waals surface area contributed by atoms with Crippen molar-refractivity contribution in [3.05, 3.63) is 41.9 Å². The van der Waals surface area contributed by atoms with E-state index in [9.17, 15) is 4.79 Å². The standard InChI is InChI=1S/C11H10N2O2/c1-7-2-4-8(5-3-7)9-10(11(14)15)13-6-12-9/h2-6H,1H3,(H,12,13)(H,14,15). The quantitative estimate of drug-likeness (QED) is 0.783. The monoisotopic (exact) mass is 202 g/mol. The van der Waals surface area contributed by atoms with E-state index >= 15 is 0 Å². The van der Waals surface area contributed by atoms with Crippen molar-refractivity contribution in [3.63, 3.8) is 0 Å². The largest absolute Gasteiger partial charge is 0.477 e. The molecule has 2 N–H and O–H groups in total. The fraction of sp³-hybridized carbons (Fsp3) is 0.0909. The van der Waals surface area contributed by atoms with Crippen LogP contribution in [0.2, 0.25) is 0 Å². The number of rotatable bonds is 2. The third kappa shape index (κ3) is 1.74. The minimum Gasteiger partial charge on any atom is -0.477 e. The number of aromatic nitrogens is 2. The number of nitrogens with one attached hydrogen (secondary N) is 1. The Morgan fingerprint density at radius 1 is 1.33 bits per heavy atom. The molecule has 0 aliphatic rings. The van der Waals surface area contributed by atoms with Gasteiger partial charge >= 0.3 is 5.97 Å². The Morgan fingerprint density at radius 2 is 2.00 bits per heavy atom. The Kier molecular flexibility index (Phi) is 2.25. The smallest absolute Gasteiger partial charge is 0.354 e. The Bertz CT molecular complexity index is 486. The van der Waals surface area contributed by atoms with Gasteiger partial charge in [0.2, 0.25) is 0 Å². The summed E-state index contributed by atoms with van der Waals surface area (Å²) in [7, 11) is 0. The second-order valence-electron chi connectivity index (χ2n) is 3.30. The molecule has 0 saturated carbocycles. The number of hydrogen-bond acceptors (Lipinski definition) is 2. The first kappa shape index (κ1) is 9.45. The molecule has 0 amide bonds. The van der Waals surface area contributed by atoms with Gasteiger partial charge in [-0.1, -0.05) is 29.8 Å². The molecule has 0 aliphatic heterocycles. The molecule has 0 spiro atoms. The van der Waals surface area contributed by atoms with Gasteiger partial charge in [-0.2, -0.15) is 0 Å². The van der Waals surface area contributed by atoms with E-state index in [1.165, 1.54) is 6.33 Å². The van der Waals surface area contributed by atoms with Crippen LogP contribution in [-0.2, 0) is 0 Å². The molecular weight excluding hydrogens is 192 g/mol. The summed E-state index contributed by atoms with van der Waals surface area (Å²) in [6, 6.07) is 7.57. The molecule has 76 valence electrons. The number of benzene rings is 1. The number of carboxylic acid groups (broad SMARTS) is 1. The van der Waals surface area contributed by atoms with Crippen LogP contribution in [0.5, 0.6) is 0 Å². The summed E-state index contributed by atoms with van der Waals surface area (Å²) < 4.78 is 0. The van der Waals surface area contributed by atoms with E-state index in [2.05, 4.69) is 9.97 Å². The first-order valence-corrected chi connectivity index (χ1v) is 4.52. The summed E-state index contributed by atoms with van der Waals surface area (Å²) in [4.78, 5) is 17.5. The lowest BCUT2D eigenvalue weighted by atomic mass is 10.1. The normalized spacial score (nSPS) is 10.2. The predicted octanol–water partition coefficient (Wildman–Crippen LogP) is 2.08. The third-order valence-electron chi connectivity index (χ3n) is 2.18. The summed E-state index contributed by atoms with van der Waals surface area (Å²) in [5.74, 6) is -0.997. The molecule has 1 heterocycles. The number of nitrogens with zero attached hydrogens (tertiary/aromatic N) is 1. The molecule has 0 fully saturated rings. The van der Waals surface area contributed by atoms with E-state index in [-0.39, 0.29) is 5.69 Å². The molecule has 0 aliphatic carbocycles. The average Bonchev–Trinajstić information content (AvgIpc) is 2.67. The summed E-state index contributed by atoms with van der Waals surface area (Å²) in [5.41, 5.74) is 2.53. The number of aromatic amines is 1. The van der Waals surface area contributed by atoms with Crippen molar-refractivity contribution < 1.29 is 9.90 Å². The fourth-order valence-corrected chi connectivity index (χ4v) is 1.39. The van der Waals surface area contributed by atoms with Gasteiger partial charge in [0, 0.05) is 5.56 Å². The van der Waals surface area contributed by atoms with Crippen molar-refractivity contribution in [1.82, 2.24) is 9.97 Å². The van der Waals surface area contributed by atoms with E-state index < -0.39 is 5.97 Å². The van der Waals surface area contributed by atoms with E-state index in [4.69, 9.17) is 5.11 Å². The molecule has 2 aromatic rings. The van der Waals surface area contributed by atoms with Crippen molar-refractivity contribution in [3.8, 4) is 11.3 Å². The van der Waals surface area contributed by atoms with Crippen LogP contribution in [-0.4, -0.2) is 21.0 Å². The zero-order valence-electron chi connectivity index (χ0n) is 8.19. The maximum atomic E-state index is 10.9. The Morgan fingerprint density at radius 3 is 2.60 bits per heavy atom. The van der Waals surface area contributed by atoms with E-state index in [0.717, 1.165) is 11.1 Å². The highest BCUT2D eigenvalue weighted by Crippen LogP contribution is 2.20. The maximum absolute atomic E-state index is 10.9. The van der Waals surface area contributed by atoms with E-state index in [1.54, 1.807) is 0 Å². The Balaban J connectivity index is 2.49. The molecule has 4 nitrogen and oxygen atoms in total. The van der Waals surface area contributed by atoms with Crippen molar-refractivity contribution in [2.75, 3.05) is 0 Å². The van der Waals surface area contributed by atoms with Gasteiger partial charge in [-0.15, -0.1) is 0 Å². The summed E-state index contributed by atoms with van der Waals surface area (Å²) in [5, 5.41) is 8.90. The van der Waals surface area contributed by atoms with Gasteiger partial charge in [-0.3, -0.25) is 0 Å². The predicted molar refractivity (Wildman–Crippen MR) is 55.7 cm³/mol. The van der Waals surface area contributed by atoms with Crippen molar-refractivity contribution >= 4 is 5.97 Å². The van der Waals surface area contributed by atoms with Gasteiger partial charge in [-0.25, -0.2) is 9.78 Å². The second-order valence-corrected chi connectivity index (χ2v) is 3.30. The molecule has 1 aromatic carbocycles. The average molecular weight is 202 g/mol. The highest BCUT2D eigenvalue weighted by Gasteiger charge is 2.13. The van der Waals surface area contributed by atoms with Gasteiger partial charge in [0.1, 0.15) is 5.69 Å². The van der Waals surface area contributed by atoms with E-state index in [1.807, 2.05) is 31.2 Å². The third-order valence-corrected chi connectivity index (χ3v) is 2.18. The summed E-state index contributed by atoms with van der Waals surface area (Å²) in [6.45, 7) is 1.98. The molecule has 2 rings (SSSR count). The van der Waals surface area contributed by atoms with Crippen LogP contribution in [0.15, 0.2) is 30.6 Å². The molecule has 4 heteroatoms. The van der Waals surface area contributed by atoms with Crippen molar-refractivity contribution in [2.45, 2.75) is 6.92 Å². The zero-order valence-corrected chi connectivity index (χ0v) is 8.19. The van der Waals surface area contributed by atoms with Crippen molar-refractivity contribution in [1.29, 1.82) is 0 Å².